The average molecular weight is 249 g/mol. The molecule has 100 valence electrons. The van der Waals surface area contributed by atoms with Crippen molar-refractivity contribution in [1.82, 2.24) is 5.32 Å². The minimum Gasteiger partial charge on any atom is -0.493 e. The van der Waals surface area contributed by atoms with E-state index in [1.54, 1.807) is 0 Å². The van der Waals surface area contributed by atoms with Crippen molar-refractivity contribution in [2.75, 3.05) is 13.2 Å². The van der Waals surface area contributed by atoms with Crippen LogP contribution in [0.2, 0.25) is 0 Å². The summed E-state index contributed by atoms with van der Waals surface area (Å²) in [7, 11) is 0. The summed E-state index contributed by atoms with van der Waals surface area (Å²) in [5.74, 6) is 0.768. The third-order valence-corrected chi connectivity index (χ3v) is 2.83. The van der Waals surface area contributed by atoms with Crippen LogP contribution in [0.4, 0.5) is 0 Å². The van der Waals surface area contributed by atoms with Gasteiger partial charge in [-0.25, -0.2) is 0 Å². The first-order valence-electron chi connectivity index (χ1n) is 6.70. The maximum absolute atomic E-state index is 12.3. The summed E-state index contributed by atoms with van der Waals surface area (Å²) in [6, 6.07) is 7.25. The quantitative estimate of drug-likeness (QED) is 0.568. The summed E-state index contributed by atoms with van der Waals surface area (Å²) < 4.78 is 5.49. The van der Waals surface area contributed by atoms with Crippen molar-refractivity contribution >= 4 is 5.78 Å². The van der Waals surface area contributed by atoms with Crippen LogP contribution in [0.15, 0.2) is 24.3 Å². The Balaban J connectivity index is 2.70. The minimum absolute atomic E-state index is 0.0927. The van der Waals surface area contributed by atoms with Crippen LogP contribution in [0, 0.1) is 0 Å². The first-order valence-corrected chi connectivity index (χ1v) is 6.70. The summed E-state index contributed by atoms with van der Waals surface area (Å²) in [5, 5.41) is 3.25. The van der Waals surface area contributed by atoms with Crippen LogP contribution in [0.3, 0.4) is 0 Å². The molecule has 0 aliphatic carbocycles. The maximum Gasteiger partial charge on any atom is 0.183 e. The second kappa shape index (κ2) is 7.88. The molecule has 0 aromatic heterocycles. The van der Waals surface area contributed by atoms with E-state index in [0.717, 1.165) is 19.4 Å². The molecule has 0 fully saturated rings. The molecule has 0 amide bonds. The Labute approximate surface area is 110 Å². The van der Waals surface area contributed by atoms with Crippen molar-refractivity contribution < 1.29 is 9.53 Å². The van der Waals surface area contributed by atoms with Gasteiger partial charge in [-0.05, 0) is 38.9 Å². The standard InChI is InChI=1S/C15H23NO2/c1-4-6-11-16-12(3)15(17)13-9-7-8-10-14(13)18-5-2/h7-10,12,16H,4-6,11H2,1-3H3. The fourth-order valence-electron chi connectivity index (χ4n) is 1.77. The van der Waals surface area contributed by atoms with Crippen molar-refractivity contribution in [2.45, 2.75) is 39.7 Å². The molecule has 18 heavy (non-hydrogen) atoms. The minimum atomic E-state index is -0.168. The highest BCUT2D eigenvalue weighted by molar-refractivity contribution is 6.02. The summed E-state index contributed by atoms with van der Waals surface area (Å²) in [4.78, 5) is 12.3. The summed E-state index contributed by atoms with van der Waals surface area (Å²) in [6.45, 7) is 7.41. The lowest BCUT2D eigenvalue weighted by Gasteiger charge is -2.15. The molecule has 0 aliphatic heterocycles. The number of hydrogen-bond acceptors (Lipinski definition) is 3. The average Bonchev–Trinajstić information content (AvgIpc) is 2.39. The molecule has 3 nitrogen and oxygen atoms in total. The maximum atomic E-state index is 12.3. The molecule has 0 saturated carbocycles. The number of benzene rings is 1. The lowest BCUT2D eigenvalue weighted by atomic mass is 10.0. The van der Waals surface area contributed by atoms with Crippen LogP contribution in [0.1, 0.15) is 44.0 Å². The highest BCUT2D eigenvalue weighted by atomic mass is 16.5. The number of ketones is 1. The predicted molar refractivity (Wildman–Crippen MR) is 74.3 cm³/mol. The zero-order valence-electron chi connectivity index (χ0n) is 11.5. The van der Waals surface area contributed by atoms with Crippen LogP contribution < -0.4 is 10.1 Å². The van der Waals surface area contributed by atoms with E-state index in [1.807, 2.05) is 38.1 Å². The molecule has 1 N–H and O–H groups in total. The van der Waals surface area contributed by atoms with Crippen LogP contribution in [0.25, 0.3) is 0 Å². The molecule has 1 atom stereocenters. The molecule has 0 heterocycles. The van der Waals surface area contributed by atoms with E-state index in [0.29, 0.717) is 17.9 Å². The van der Waals surface area contributed by atoms with Crippen LogP contribution in [0.5, 0.6) is 5.75 Å². The van der Waals surface area contributed by atoms with Gasteiger partial charge in [0.25, 0.3) is 0 Å². The molecule has 1 aromatic rings. The number of carbonyl (C=O) groups is 1. The highest BCUT2D eigenvalue weighted by Gasteiger charge is 2.17. The van der Waals surface area contributed by atoms with E-state index in [-0.39, 0.29) is 11.8 Å². The largest absolute Gasteiger partial charge is 0.493 e. The number of unbranched alkanes of at least 4 members (excludes halogenated alkanes) is 1. The van der Waals surface area contributed by atoms with Crippen molar-refractivity contribution in [1.29, 1.82) is 0 Å². The number of Topliss-reactive ketones (excluding diaryl/α,β-unsaturated/α-hetero) is 1. The van der Waals surface area contributed by atoms with Crippen molar-refractivity contribution in [3.8, 4) is 5.75 Å². The second-order valence-electron chi connectivity index (χ2n) is 4.32. The van der Waals surface area contributed by atoms with Crippen LogP contribution >= 0.6 is 0 Å². The number of para-hydroxylation sites is 1. The molecular formula is C15H23NO2. The van der Waals surface area contributed by atoms with Crippen molar-refractivity contribution in [3.05, 3.63) is 29.8 Å². The van der Waals surface area contributed by atoms with Gasteiger partial charge >= 0.3 is 0 Å². The molecule has 0 aliphatic rings. The Morgan fingerprint density at radius 1 is 1.33 bits per heavy atom. The molecule has 3 heteroatoms. The zero-order valence-corrected chi connectivity index (χ0v) is 11.5. The van der Waals surface area contributed by atoms with Gasteiger partial charge in [-0.15, -0.1) is 0 Å². The van der Waals surface area contributed by atoms with Crippen molar-refractivity contribution in [3.63, 3.8) is 0 Å². The van der Waals surface area contributed by atoms with Gasteiger partial charge in [0, 0.05) is 0 Å². The van der Waals surface area contributed by atoms with E-state index in [2.05, 4.69) is 12.2 Å². The lowest BCUT2D eigenvalue weighted by Crippen LogP contribution is -2.34. The molecule has 0 spiro atoms. The first-order chi connectivity index (χ1) is 8.70. The van der Waals surface area contributed by atoms with E-state index in [4.69, 9.17) is 4.74 Å². The fourth-order valence-corrected chi connectivity index (χ4v) is 1.77. The number of nitrogens with one attached hydrogen (secondary N) is 1. The summed E-state index contributed by atoms with van der Waals surface area (Å²) >= 11 is 0. The monoisotopic (exact) mass is 249 g/mol. The third kappa shape index (κ3) is 4.15. The predicted octanol–water partition coefficient (Wildman–Crippen LogP) is 3.05. The van der Waals surface area contributed by atoms with Gasteiger partial charge in [0.1, 0.15) is 5.75 Å². The molecule has 0 saturated heterocycles. The zero-order chi connectivity index (χ0) is 13.4. The Hall–Kier alpha value is -1.35. The van der Waals surface area contributed by atoms with Gasteiger partial charge in [0.05, 0.1) is 18.2 Å². The number of hydrogen-bond donors (Lipinski definition) is 1. The fraction of sp³-hybridized carbons (Fsp3) is 0.533. The van der Waals surface area contributed by atoms with Gasteiger partial charge in [0.15, 0.2) is 5.78 Å². The Kier molecular flexibility index (Phi) is 6.44. The van der Waals surface area contributed by atoms with E-state index in [9.17, 15) is 4.79 Å². The topological polar surface area (TPSA) is 38.3 Å². The Bertz CT molecular complexity index is 377. The van der Waals surface area contributed by atoms with Crippen molar-refractivity contribution in [2.24, 2.45) is 0 Å². The van der Waals surface area contributed by atoms with Gasteiger partial charge in [-0.3, -0.25) is 4.79 Å². The third-order valence-electron chi connectivity index (χ3n) is 2.83. The lowest BCUT2D eigenvalue weighted by molar-refractivity contribution is 0.0947. The molecule has 0 bridgehead atoms. The smallest absolute Gasteiger partial charge is 0.183 e. The molecule has 1 rings (SSSR count). The summed E-state index contributed by atoms with van der Waals surface area (Å²) in [5.41, 5.74) is 0.663. The number of ether oxygens (including phenoxy) is 1. The van der Waals surface area contributed by atoms with Crippen LogP contribution in [-0.4, -0.2) is 25.0 Å². The summed E-state index contributed by atoms with van der Waals surface area (Å²) in [6.07, 6.45) is 2.22. The second-order valence-corrected chi connectivity index (χ2v) is 4.32. The van der Waals surface area contributed by atoms with Crippen LogP contribution in [-0.2, 0) is 0 Å². The number of rotatable bonds is 8. The van der Waals surface area contributed by atoms with E-state index >= 15 is 0 Å². The van der Waals surface area contributed by atoms with Gasteiger partial charge in [-0.1, -0.05) is 25.5 Å². The molecule has 0 radical (unpaired) electrons. The normalized spacial score (nSPS) is 12.2. The van der Waals surface area contributed by atoms with Gasteiger partial charge < -0.3 is 10.1 Å². The van der Waals surface area contributed by atoms with E-state index < -0.39 is 0 Å². The number of carbonyl (C=O) groups excluding carboxylic acids is 1. The Morgan fingerprint density at radius 2 is 2.06 bits per heavy atom. The molecule has 1 unspecified atom stereocenters. The van der Waals surface area contributed by atoms with Gasteiger partial charge in [-0.2, -0.15) is 0 Å². The molecular weight excluding hydrogens is 226 g/mol. The van der Waals surface area contributed by atoms with E-state index in [1.165, 1.54) is 0 Å². The Morgan fingerprint density at radius 3 is 2.72 bits per heavy atom. The SMILES string of the molecule is CCCCNC(C)C(=O)c1ccccc1OCC. The highest BCUT2D eigenvalue weighted by Crippen LogP contribution is 2.19. The molecule has 1 aromatic carbocycles. The van der Waals surface area contributed by atoms with Gasteiger partial charge in [0.2, 0.25) is 0 Å². The first kappa shape index (κ1) is 14.7.